The van der Waals surface area contributed by atoms with E-state index < -0.39 is 6.17 Å². The first kappa shape index (κ1) is 17.5. The number of aromatic nitrogens is 1. The largest absolute Gasteiger partial charge is 0.360 e. The zero-order valence-corrected chi connectivity index (χ0v) is 15.4. The SMILES string of the molecule is Cc1cc(Cl)ccc1NC1c2ncccc2C(=O)N1Cc1ccc(F)cc1. The molecule has 1 atom stereocenters. The number of amides is 1. The van der Waals surface area contributed by atoms with Crippen molar-refractivity contribution in [3.63, 3.8) is 0 Å². The molecule has 4 nitrogen and oxygen atoms in total. The molecule has 4 rings (SSSR count). The van der Waals surface area contributed by atoms with Gasteiger partial charge in [0.2, 0.25) is 0 Å². The molecule has 3 aromatic rings. The summed E-state index contributed by atoms with van der Waals surface area (Å²) in [7, 11) is 0. The van der Waals surface area contributed by atoms with Crippen LogP contribution in [0.3, 0.4) is 0 Å². The van der Waals surface area contributed by atoms with E-state index in [1.807, 2.05) is 19.1 Å². The number of anilines is 1. The quantitative estimate of drug-likeness (QED) is 0.695. The van der Waals surface area contributed by atoms with Gasteiger partial charge in [0.1, 0.15) is 12.0 Å². The molecule has 0 radical (unpaired) electrons. The minimum atomic E-state index is -0.418. The van der Waals surface area contributed by atoms with Gasteiger partial charge in [-0.15, -0.1) is 0 Å². The molecule has 6 heteroatoms. The Morgan fingerprint density at radius 1 is 1.19 bits per heavy atom. The van der Waals surface area contributed by atoms with Crippen LogP contribution in [0, 0.1) is 12.7 Å². The highest BCUT2D eigenvalue weighted by Gasteiger charge is 2.38. The van der Waals surface area contributed by atoms with Crippen molar-refractivity contribution in [2.24, 2.45) is 0 Å². The first-order valence-electron chi connectivity index (χ1n) is 8.56. The van der Waals surface area contributed by atoms with Crippen LogP contribution in [0.1, 0.15) is 33.3 Å². The average molecular weight is 382 g/mol. The number of pyridine rings is 1. The first-order chi connectivity index (χ1) is 13.0. The van der Waals surface area contributed by atoms with E-state index in [-0.39, 0.29) is 11.7 Å². The van der Waals surface area contributed by atoms with Gasteiger partial charge in [-0.25, -0.2) is 4.39 Å². The van der Waals surface area contributed by atoms with Crippen LogP contribution < -0.4 is 5.32 Å². The van der Waals surface area contributed by atoms with E-state index in [2.05, 4.69) is 10.3 Å². The molecule has 0 saturated heterocycles. The smallest absolute Gasteiger partial charge is 0.258 e. The predicted octanol–water partition coefficient (Wildman–Crippen LogP) is 4.95. The Morgan fingerprint density at radius 2 is 1.96 bits per heavy atom. The van der Waals surface area contributed by atoms with Crippen LogP contribution in [-0.2, 0) is 6.54 Å². The molecule has 2 heterocycles. The Labute approximate surface area is 161 Å². The minimum Gasteiger partial charge on any atom is -0.360 e. The molecule has 0 fully saturated rings. The number of carbonyl (C=O) groups excluding carboxylic acids is 1. The fraction of sp³-hybridized carbons (Fsp3) is 0.143. The van der Waals surface area contributed by atoms with Crippen molar-refractivity contribution in [2.45, 2.75) is 19.6 Å². The minimum absolute atomic E-state index is 0.105. The predicted molar refractivity (Wildman–Crippen MR) is 103 cm³/mol. The summed E-state index contributed by atoms with van der Waals surface area (Å²) >= 11 is 6.05. The van der Waals surface area contributed by atoms with Crippen LogP contribution in [0.5, 0.6) is 0 Å². The van der Waals surface area contributed by atoms with Gasteiger partial charge in [-0.3, -0.25) is 9.78 Å². The Morgan fingerprint density at radius 3 is 2.70 bits per heavy atom. The zero-order valence-electron chi connectivity index (χ0n) is 14.6. The van der Waals surface area contributed by atoms with Crippen molar-refractivity contribution < 1.29 is 9.18 Å². The normalized spacial score (nSPS) is 15.7. The Kier molecular flexibility index (Phi) is 4.54. The maximum atomic E-state index is 13.2. The summed E-state index contributed by atoms with van der Waals surface area (Å²) < 4.78 is 13.2. The third-order valence-electron chi connectivity index (χ3n) is 4.65. The topological polar surface area (TPSA) is 45.2 Å². The van der Waals surface area contributed by atoms with Crippen molar-refractivity contribution >= 4 is 23.2 Å². The summed E-state index contributed by atoms with van der Waals surface area (Å²) in [5.74, 6) is -0.408. The lowest BCUT2D eigenvalue weighted by Gasteiger charge is -2.27. The lowest BCUT2D eigenvalue weighted by molar-refractivity contribution is 0.0727. The summed E-state index contributed by atoms with van der Waals surface area (Å²) in [6.07, 6.45) is 1.26. The van der Waals surface area contributed by atoms with Crippen LogP contribution in [-0.4, -0.2) is 15.8 Å². The van der Waals surface area contributed by atoms with E-state index >= 15 is 0 Å². The lowest BCUT2D eigenvalue weighted by Crippen LogP contribution is -2.32. The number of fused-ring (bicyclic) bond motifs is 1. The van der Waals surface area contributed by atoms with E-state index in [4.69, 9.17) is 11.6 Å². The number of hydrogen-bond donors (Lipinski definition) is 1. The molecule has 136 valence electrons. The molecule has 0 aliphatic carbocycles. The third kappa shape index (κ3) is 3.38. The van der Waals surface area contributed by atoms with Gasteiger partial charge in [0, 0.05) is 23.5 Å². The highest BCUT2D eigenvalue weighted by Crippen LogP contribution is 2.35. The maximum Gasteiger partial charge on any atom is 0.258 e. The number of aryl methyl sites for hydroxylation is 1. The number of nitrogens with one attached hydrogen (secondary N) is 1. The molecule has 1 aliphatic rings. The van der Waals surface area contributed by atoms with Crippen LogP contribution in [0.15, 0.2) is 60.8 Å². The van der Waals surface area contributed by atoms with Gasteiger partial charge in [0.25, 0.3) is 5.91 Å². The van der Waals surface area contributed by atoms with Crippen LogP contribution in [0.2, 0.25) is 5.02 Å². The van der Waals surface area contributed by atoms with E-state index in [9.17, 15) is 9.18 Å². The number of nitrogens with zero attached hydrogens (tertiary/aromatic N) is 2. The molecule has 1 N–H and O–H groups in total. The second-order valence-corrected chi connectivity index (χ2v) is 6.94. The average Bonchev–Trinajstić information content (AvgIpc) is 2.92. The molecule has 1 aromatic heterocycles. The lowest BCUT2D eigenvalue weighted by atomic mass is 10.1. The summed E-state index contributed by atoms with van der Waals surface area (Å²) in [5, 5.41) is 4.07. The number of rotatable bonds is 4. The third-order valence-corrected chi connectivity index (χ3v) is 4.88. The van der Waals surface area contributed by atoms with Gasteiger partial charge in [-0.2, -0.15) is 0 Å². The summed E-state index contributed by atoms with van der Waals surface area (Å²) in [4.78, 5) is 19.1. The number of halogens is 2. The van der Waals surface area contributed by atoms with Crippen molar-refractivity contribution in [3.8, 4) is 0 Å². The molecule has 0 spiro atoms. The van der Waals surface area contributed by atoms with Crippen LogP contribution >= 0.6 is 11.6 Å². The van der Waals surface area contributed by atoms with Crippen molar-refractivity contribution in [1.82, 2.24) is 9.88 Å². The molecule has 2 aromatic carbocycles. The van der Waals surface area contributed by atoms with Gasteiger partial charge in [-0.05, 0) is 60.5 Å². The van der Waals surface area contributed by atoms with Gasteiger partial charge >= 0.3 is 0 Å². The zero-order chi connectivity index (χ0) is 19.0. The van der Waals surface area contributed by atoms with Gasteiger partial charge in [0.05, 0.1) is 11.3 Å². The standard InChI is InChI=1S/C21H17ClFN3O/c1-13-11-15(22)6-9-18(13)25-20-19-17(3-2-10-24-19)21(27)26(20)12-14-4-7-16(23)8-5-14/h2-11,20,25H,12H2,1H3. The number of benzene rings is 2. The Balaban J connectivity index is 1.70. The first-order valence-corrected chi connectivity index (χ1v) is 8.94. The van der Waals surface area contributed by atoms with Crippen LogP contribution in [0.4, 0.5) is 10.1 Å². The molecule has 27 heavy (non-hydrogen) atoms. The van der Waals surface area contributed by atoms with Crippen LogP contribution in [0.25, 0.3) is 0 Å². The molecular formula is C21H17ClFN3O. The summed E-state index contributed by atoms with van der Waals surface area (Å²) in [6.45, 7) is 2.30. The van der Waals surface area contributed by atoms with Crippen molar-refractivity contribution in [2.75, 3.05) is 5.32 Å². The summed E-state index contributed by atoms with van der Waals surface area (Å²) in [5.41, 5.74) is 3.95. The van der Waals surface area contributed by atoms with Gasteiger partial charge < -0.3 is 10.2 Å². The summed E-state index contributed by atoms with van der Waals surface area (Å²) in [6, 6.07) is 15.2. The van der Waals surface area contributed by atoms with E-state index in [1.165, 1.54) is 12.1 Å². The fourth-order valence-electron chi connectivity index (χ4n) is 3.27. The molecule has 0 bridgehead atoms. The van der Waals surface area contributed by atoms with Gasteiger partial charge in [0.15, 0.2) is 0 Å². The second kappa shape index (κ2) is 7.00. The fourth-order valence-corrected chi connectivity index (χ4v) is 3.49. The number of carbonyl (C=O) groups is 1. The van der Waals surface area contributed by atoms with Crippen molar-refractivity contribution in [1.29, 1.82) is 0 Å². The molecule has 0 saturated carbocycles. The Bertz CT molecular complexity index is 1010. The monoisotopic (exact) mass is 381 g/mol. The Hall–Kier alpha value is -2.92. The highest BCUT2D eigenvalue weighted by molar-refractivity contribution is 6.30. The van der Waals surface area contributed by atoms with Gasteiger partial charge in [-0.1, -0.05) is 23.7 Å². The highest BCUT2D eigenvalue weighted by atomic mass is 35.5. The maximum absolute atomic E-state index is 13.2. The second-order valence-electron chi connectivity index (χ2n) is 6.50. The molecular weight excluding hydrogens is 365 g/mol. The number of hydrogen-bond acceptors (Lipinski definition) is 3. The molecule has 1 unspecified atom stereocenters. The van der Waals surface area contributed by atoms with Crippen molar-refractivity contribution in [3.05, 3.63) is 94.0 Å². The molecule has 1 aliphatic heterocycles. The van der Waals surface area contributed by atoms with E-state index in [1.54, 1.807) is 41.4 Å². The molecule has 1 amide bonds. The van der Waals surface area contributed by atoms with E-state index in [0.717, 1.165) is 16.8 Å². The van der Waals surface area contributed by atoms with E-state index in [0.29, 0.717) is 22.8 Å².